The first-order valence-electron chi connectivity index (χ1n) is 3.98. The summed E-state index contributed by atoms with van der Waals surface area (Å²) in [7, 11) is 0. The minimum atomic E-state index is -0.00174. The zero-order chi connectivity index (χ0) is 7.03. The third-order valence-corrected chi connectivity index (χ3v) is 2.71. The van der Waals surface area contributed by atoms with Gasteiger partial charge in [-0.25, -0.2) is 0 Å². The Morgan fingerprint density at radius 1 is 1.60 bits per heavy atom. The Labute approximate surface area is 61.5 Å². The van der Waals surface area contributed by atoms with E-state index >= 15 is 0 Å². The molecule has 1 aliphatic heterocycles. The minimum Gasteiger partial charge on any atom is -0.321 e. The summed E-state index contributed by atoms with van der Waals surface area (Å²) in [4.78, 5) is 0. The fourth-order valence-electron chi connectivity index (χ4n) is 1.98. The summed E-state index contributed by atoms with van der Waals surface area (Å²) in [5.41, 5.74) is 6.11. The minimum absolute atomic E-state index is 0.00174. The van der Waals surface area contributed by atoms with Gasteiger partial charge in [-0.15, -0.1) is 0 Å². The van der Waals surface area contributed by atoms with Crippen LogP contribution in [0.2, 0.25) is 0 Å². The van der Waals surface area contributed by atoms with Crippen molar-refractivity contribution in [2.75, 3.05) is 13.1 Å². The van der Waals surface area contributed by atoms with Crippen molar-refractivity contribution < 1.29 is 0 Å². The van der Waals surface area contributed by atoms with Crippen LogP contribution in [0, 0.1) is 5.92 Å². The quantitative estimate of drug-likeness (QED) is 0.471. The van der Waals surface area contributed by atoms with Gasteiger partial charge in [0.1, 0.15) is 0 Å². The van der Waals surface area contributed by atoms with Crippen LogP contribution in [0.15, 0.2) is 12.2 Å². The van der Waals surface area contributed by atoms with Crippen molar-refractivity contribution in [1.82, 2.24) is 5.32 Å². The van der Waals surface area contributed by atoms with Crippen molar-refractivity contribution in [3.8, 4) is 0 Å². The van der Waals surface area contributed by atoms with Crippen LogP contribution < -0.4 is 11.1 Å². The van der Waals surface area contributed by atoms with E-state index in [-0.39, 0.29) is 5.54 Å². The molecule has 2 aliphatic rings. The summed E-state index contributed by atoms with van der Waals surface area (Å²) in [6.45, 7) is 2.11. The third-order valence-electron chi connectivity index (χ3n) is 2.71. The van der Waals surface area contributed by atoms with Crippen molar-refractivity contribution in [2.24, 2.45) is 11.7 Å². The van der Waals surface area contributed by atoms with Crippen LogP contribution in [0.1, 0.15) is 12.8 Å². The van der Waals surface area contributed by atoms with Gasteiger partial charge in [0.25, 0.3) is 0 Å². The second-order valence-corrected chi connectivity index (χ2v) is 3.41. The number of piperidine rings is 1. The molecule has 1 aliphatic carbocycles. The van der Waals surface area contributed by atoms with Gasteiger partial charge in [-0.2, -0.15) is 0 Å². The maximum absolute atomic E-state index is 6.12. The van der Waals surface area contributed by atoms with Crippen molar-refractivity contribution in [3.63, 3.8) is 0 Å². The SMILES string of the molecule is N[C@]12C=CCC1CCNC2. The number of hydrogen-bond acceptors (Lipinski definition) is 2. The van der Waals surface area contributed by atoms with Crippen LogP contribution >= 0.6 is 0 Å². The van der Waals surface area contributed by atoms with Gasteiger partial charge in [-0.1, -0.05) is 12.2 Å². The molecule has 1 heterocycles. The summed E-state index contributed by atoms with van der Waals surface area (Å²) in [6.07, 6.45) is 6.82. The lowest BCUT2D eigenvalue weighted by molar-refractivity contribution is 0.274. The van der Waals surface area contributed by atoms with Crippen LogP contribution in [0.4, 0.5) is 0 Å². The van der Waals surface area contributed by atoms with E-state index in [1.807, 2.05) is 0 Å². The molecule has 0 radical (unpaired) electrons. The third kappa shape index (κ3) is 0.796. The van der Waals surface area contributed by atoms with Crippen molar-refractivity contribution in [3.05, 3.63) is 12.2 Å². The number of nitrogens with two attached hydrogens (primary N) is 1. The Bertz CT molecular complexity index is 165. The Balaban J connectivity index is 2.17. The smallest absolute Gasteiger partial charge is 0.0497 e. The number of fused-ring (bicyclic) bond motifs is 1. The molecule has 3 N–H and O–H groups in total. The van der Waals surface area contributed by atoms with Gasteiger partial charge < -0.3 is 11.1 Å². The van der Waals surface area contributed by atoms with E-state index in [9.17, 15) is 0 Å². The van der Waals surface area contributed by atoms with E-state index in [4.69, 9.17) is 5.73 Å². The molecule has 1 fully saturated rings. The van der Waals surface area contributed by atoms with Crippen LogP contribution in [0.3, 0.4) is 0 Å². The van der Waals surface area contributed by atoms with Crippen molar-refractivity contribution in [2.45, 2.75) is 18.4 Å². The molecular weight excluding hydrogens is 124 g/mol. The monoisotopic (exact) mass is 138 g/mol. The van der Waals surface area contributed by atoms with E-state index < -0.39 is 0 Å². The molecule has 2 heteroatoms. The van der Waals surface area contributed by atoms with Crippen molar-refractivity contribution >= 4 is 0 Å². The zero-order valence-electron chi connectivity index (χ0n) is 6.14. The fraction of sp³-hybridized carbons (Fsp3) is 0.750. The fourth-order valence-corrected chi connectivity index (χ4v) is 1.98. The first kappa shape index (κ1) is 6.38. The molecule has 0 aromatic carbocycles. The van der Waals surface area contributed by atoms with Crippen LogP contribution in [-0.2, 0) is 0 Å². The van der Waals surface area contributed by atoms with Gasteiger partial charge in [0, 0.05) is 12.1 Å². The normalized spacial score (nSPS) is 45.5. The summed E-state index contributed by atoms with van der Waals surface area (Å²) in [5.74, 6) is 0.716. The van der Waals surface area contributed by atoms with E-state index in [1.54, 1.807) is 0 Å². The Morgan fingerprint density at radius 2 is 2.50 bits per heavy atom. The second-order valence-electron chi connectivity index (χ2n) is 3.41. The maximum Gasteiger partial charge on any atom is 0.0497 e. The molecule has 0 spiro atoms. The van der Waals surface area contributed by atoms with E-state index in [2.05, 4.69) is 17.5 Å². The highest BCUT2D eigenvalue weighted by atomic mass is 15.0. The van der Waals surface area contributed by atoms with Gasteiger partial charge in [0.15, 0.2) is 0 Å². The number of rotatable bonds is 0. The van der Waals surface area contributed by atoms with Gasteiger partial charge in [-0.05, 0) is 25.3 Å². The average Bonchev–Trinajstić information content (AvgIpc) is 2.29. The molecule has 1 saturated heterocycles. The Hall–Kier alpha value is -0.340. The van der Waals surface area contributed by atoms with E-state index in [1.165, 1.54) is 12.8 Å². The highest BCUT2D eigenvalue weighted by Crippen LogP contribution is 2.31. The molecule has 56 valence electrons. The molecule has 2 nitrogen and oxygen atoms in total. The van der Waals surface area contributed by atoms with Crippen LogP contribution in [-0.4, -0.2) is 18.6 Å². The number of allylic oxidation sites excluding steroid dienone is 1. The molecule has 0 bridgehead atoms. The predicted octanol–water partition coefficient (Wildman–Crippen LogP) is 0.253. The molecule has 0 aromatic heterocycles. The molecule has 1 unspecified atom stereocenters. The molecule has 2 rings (SSSR count). The summed E-state index contributed by atoms with van der Waals surface area (Å²) in [6, 6.07) is 0. The topological polar surface area (TPSA) is 38.0 Å². The average molecular weight is 138 g/mol. The van der Waals surface area contributed by atoms with Gasteiger partial charge in [0.2, 0.25) is 0 Å². The van der Waals surface area contributed by atoms with Crippen LogP contribution in [0.25, 0.3) is 0 Å². The van der Waals surface area contributed by atoms with E-state index in [0.717, 1.165) is 13.1 Å². The van der Waals surface area contributed by atoms with Gasteiger partial charge >= 0.3 is 0 Å². The van der Waals surface area contributed by atoms with Crippen molar-refractivity contribution in [1.29, 1.82) is 0 Å². The second kappa shape index (κ2) is 2.07. The summed E-state index contributed by atoms with van der Waals surface area (Å²) < 4.78 is 0. The highest BCUT2D eigenvalue weighted by Gasteiger charge is 2.36. The number of hydrogen-bond donors (Lipinski definition) is 2. The molecule has 0 amide bonds. The first-order chi connectivity index (χ1) is 4.81. The largest absolute Gasteiger partial charge is 0.321 e. The van der Waals surface area contributed by atoms with E-state index in [0.29, 0.717) is 5.92 Å². The lowest BCUT2D eigenvalue weighted by atomic mass is 9.83. The lowest BCUT2D eigenvalue weighted by Crippen LogP contribution is -2.55. The molecule has 0 saturated carbocycles. The molecule has 2 atom stereocenters. The lowest BCUT2D eigenvalue weighted by Gasteiger charge is -2.35. The number of nitrogens with one attached hydrogen (secondary N) is 1. The zero-order valence-corrected chi connectivity index (χ0v) is 6.14. The van der Waals surface area contributed by atoms with Gasteiger partial charge in [-0.3, -0.25) is 0 Å². The Morgan fingerprint density at radius 3 is 3.30 bits per heavy atom. The Kier molecular flexibility index (Phi) is 1.32. The van der Waals surface area contributed by atoms with Crippen LogP contribution in [0.5, 0.6) is 0 Å². The molecule has 10 heavy (non-hydrogen) atoms. The molecular formula is C8H14N2. The predicted molar refractivity (Wildman–Crippen MR) is 41.7 cm³/mol. The first-order valence-corrected chi connectivity index (χ1v) is 3.98. The maximum atomic E-state index is 6.12. The molecule has 0 aromatic rings. The summed E-state index contributed by atoms with van der Waals surface area (Å²) in [5, 5.41) is 3.32. The summed E-state index contributed by atoms with van der Waals surface area (Å²) >= 11 is 0. The standard InChI is InChI=1S/C8H14N2/c9-8-4-1-2-7(8)3-5-10-6-8/h1,4,7,10H,2-3,5-6,9H2/t7?,8-/m0/s1. The van der Waals surface area contributed by atoms with Gasteiger partial charge in [0.05, 0.1) is 0 Å². The highest BCUT2D eigenvalue weighted by molar-refractivity contribution is 5.18.